The third kappa shape index (κ3) is 0.978. The third-order valence-electron chi connectivity index (χ3n) is 1.82. The minimum Gasteiger partial charge on any atom is -0.336 e. The molecule has 3 nitrogen and oxygen atoms in total. The van der Waals surface area contributed by atoms with E-state index in [2.05, 4.69) is 24.0 Å². The molecule has 0 fully saturated rings. The summed E-state index contributed by atoms with van der Waals surface area (Å²) in [7, 11) is 0. The van der Waals surface area contributed by atoms with Crippen LogP contribution >= 0.6 is 0 Å². The molecule has 0 aromatic carbocycles. The Morgan fingerprint density at radius 3 is 3.00 bits per heavy atom. The molecule has 2 rings (SSSR count). The van der Waals surface area contributed by atoms with Crippen molar-refractivity contribution in [2.45, 2.75) is 19.8 Å². The summed E-state index contributed by atoms with van der Waals surface area (Å²) >= 11 is 0. The van der Waals surface area contributed by atoms with Gasteiger partial charge < -0.3 is 4.52 Å². The summed E-state index contributed by atoms with van der Waals surface area (Å²) < 4.78 is 5.05. The molecule has 0 saturated heterocycles. The van der Waals surface area contributed by atoms with Crippen LogP contribution in [0.15, 0.2) is 22.9 Å². The van der Waals surface area contributed by atoms with Crippen LogP contribution in [-0.2, 0) is 0 Å². The van der Waals surface area contributed by atoms with Gasteiger partial charge >= 0.3 is 0 Å². The molecule has 0 aliphatic carbocycles. The number of aromatic nitrogens is 2. The summed E-state index contributed by atoms with van der Waals surface area (Å²) in [6.07, 6.45) is 1.71. The van der Waals surface area contributed by atoms with Crippen LogP contribution in [0.1, 0.15) is 25.5 Å². The van der Waals surface area contributed by atoms with Gasteiger partial charge in [-0.05, 0) is 18.1 Å². The fourth-order valence-electron chi connectivity index (χ4n) is 1.22. The molecule has 0 bridgehead atoms. The highest BCUT2D eigenvalue weighted by Gasteiger charge is 2.10. The smallest absolute Gasteiger partial charge is 0.257 e. The van der Waals surface area contributed by atoms with E-state index in [-0.39, 0.29) is 0 Å². The van der Waals surface area contributed by atoms with Gasteiger partial charge in [-0.2, -0.15) is 0 Å². The summed E-state index contributed by atoms with van der Waals surface area (Å²) in [6.45, 7) is 4.18. The predicted octanol–water partition coefficient (Wildman–Crippen LogP) is 2.35. The molecule has 2 aromatic heterocycles. The van der Waals surface area contributed by atoms with E-state index in [0.717, 1.165) is 11.1 Å². The minimum atomic E-state index is 0.385. The first-order valence-corrected chi connectivity index (χ1v) is 3.99. The molecule has 0 spiro atoms. The van der Waals surface area contributed by atoms with Gasteiger partial charge in [-0.25, -0.2) is 4.98 Å². The normalized spacial score (nSPS) is 11.2. The Labute approximate surface area is 70.4 Å². The molecule has 62 valence electrons. The lowest BCUT2D eigenvalue weighted by Gasteiger charge is -1.96. The van der Waals surface area contributed by atoms with E-state index in [1.54, 1.807) is 6.20 Å². The van der Waals surface area contributed by atoms with E-state index < -0.39 is 0 Å². The van der Waals surface area contributed by atoms with Crippen LogP contribution in [0.4, 0.5) is 0 Å². The largest absolute Gasteiger partial charge is 0.336 e. The zero-order valence-electron chi connectivity index (χ0n) is 7.11. The Bertz CT molecular complexity index is 392. The molecule has 2 aromatic rings. The van der Waals surface area contributed by atoms with Crippen LogP contribution in [0.25, 0.3) is 11.1 Å². The van der Waals surface area contributed by atoms with E-state index in [9.17, 15) is 0 Å². The fourth-order valence-corrected chi connectivity index (χ4v) is 1.22. The first-order valence-electron chi connectivity index (χ1n) is 3.99. The van der Waals surface area contributed by atoms with Gasteiger partial charge in [0.2, 0.25) is 0 Å². The van der Waals surface area contributed by atoms with Gasteiger partial charge in [0.25, 0.3) is 5.71 Å². The van der Waals surface area contributed by atoms with Crippen molar-refractivity contribution in [1.29, 1.82) is 0 Å². The van der Waals surface area contributed by atoms with E-state index >= 15 is 0 Å². The summed E-state index contributed by atoms with van der Waals surface area (Å²) in [5, 5.41) is 4.98. The number of fused-ring (bicyclic) bond motifs is 1. The van der Waals surface area contributed by atoms with Gasteiger partial charge in [-0.15, -0.1) is 0 Å². The van der Waals surface area contributed by atoms with Gasteiger partial charge in [0.1, 0.15) is 0 Å². The predicted molar refractivity (Wildman–Crippen MR) is 45.9 cm³/mol. The van der Waals surface area contributed by atoms with Gasteiger partial charge in [0.15, 0.2) is 0 Å². The maximum atomic E-state index is 5.05. The first kappa shape index (κ1) is 7.28. The first-order chi connectivity index (χ1) is 5.79. The topological polar surface area (TPSA) is 38.9 Å². The summed E-state index contributed by atoms with van der Waals surface area (Å²) in [5.74, 6) is 0.385. The minimum absolute atomic E-state index is 0.385. The second-order valence-electron chi connectivity index (χ2n) is 3.08. The van der Waals surface area contributed by atoms with Crippen molar-refractivity contribution < 1.29 is 4.52 Å². The van der Waals surface area contributed by atoms with Gasteiger partial charge in [-0.3, -0.25) is 0 Å². The van der Waals surface area contributed by atoms with Crippen LogP contribution in [0.3, 0.4) is 0 Å². The van der Waals surface area contributed by atoms with Gasteiger partial charge in [0, 0.05) is 6.20 Å². The molecular formula is C9H10N2O. The second-order valence-corrected chi connectivity index (χ2v) is 3.08. The van der Waals surface area contributed by atoms with Gasteiger partial charge in [-0.1, -0.05) is 19.0 Å². The molecule has 0 atom stereocenters. The quantitative estimate of drug-likeness (QED) is 0.646. The maximum Gasteiger partial charge on any atom is 0.257 e. The maximum absolute atomic E-state index is 5.05. The van der Waals surface area contributed by atoms with E-state index in [1.165, 1.54) is 0 Å². The molecule has 0 N–H and O–H groups in total. The second kappa shape index (κ2) is 2.59. The Hall–Kier alpha value is -1.38. The van der Waals surface area contributed by atoms with Crippen LogP contribution in [0.2, 0.25) is 0 Å². The average Bonchev–Trinajstić information content (AvgIpc) is 2.47. The van der Waals surface area contributed by atoms with Crippen molar-refractivity contribution in [1.82, 2.24) is 10.1 Å². The highest BCUT2D eigenvalue weighted by Crippen LogP contribution is 2.22. The van der Waals surface area contributed by atoms with Crippen molar-refractivity contribution >= 4 is 11.1 Å². The van der Waals surface area contributed by atoms with Crippen molar-refractivity contribution in [3.8, 4) is 0 Å². The third-order valence-corrected chi connectivity index (χ3v) is 1.82. The molecule has 12 heavy (non-hydrogen) atoms. The lowest BCUT2D eigenvalue weighted by Crippen LogP contribution is -1.86. The Morgan fingerprint density at radius 2 is 2.25 bits per heavy atom. The van der Waals surface area contributed by atoms with Crippen molar-refractivity contribution in [2.24, 2.45) is 0 Å². The van der Waals surface area contributed by atoms with Crippen LogP contribution in [0.5, 0.6) is 0 Å². The molecule has 0 saturated carbocycles. The monoisotopic (exact) mass is 162 g/mol. The molecule has 0 aliphatic rings. The molecule has 3 heteroatoms. The number of pyridine rings is 1. The highest BCUT2D eigenvalue weighted by atomic mass is 16.5. The number of hydrogen-bond acceptors (Lipinski definition) is 3. The van der Waals surface area contributed by atoms with E-state index in [0.29, 0.717) is 11.6 Å². The Morgan fingerprint density at radius 1 is 1.42 bits per heavy atom. The van der Waals surface area contributed by atoms with Gasteiger partial charge in [0.05, 0.1) is 11.1 Å². The zero-order valence-corrected chi connectivity index (χ0v) is 7.11. The molecule has 2 heterocycles. The van der Waals surface area contributed by atoms with Crippen LogP contribution in [-0.4, -0.2) is 10.1 Å². The fraction of sp³-hybridized carbons (Fsp3) is 0.333. The molecule has 0 amide bonds. The number of nitrogens with zero attached hydrogens (tertiary/aromatic N) is 2. The Kier molecular flexibility index (Phi) is 1.57. The number of rotatable bonds is 1. The van der Waals surface area contributed by atoms with Crippen LogP contribution in [0, 0.1) is 0 Å². The van der Waals surface area contributed by atoms with E-state index in [4.69, 9.17) is 4.52 Å². The Balaban J connectivity index is 2.70. The van der Waals surface area contributed by atoms with Crippen LogP contribution < -0.4 is 0 Å². The molecule has 0 aliphatic heterocycles. The van der Waals surface area contributed by atoms with Crippen molar-refractivity contribution in [3.63, 3.8) is 0 Å². The molecule has 0 radical (unpaired) electrons. The summed E-state index contributed by atoms with van der Waals surface area (Å²) in [4.78, 5) is 4.06. The number of hydrogen-bond donors (Lipinski definition) is 0. The molecule has 0 unspecified atom stereocenters. The standard InChI is InChI=1S/C9H10N2O/c1-6(2)8-7-4-3-5-10-9(7)12-11-8/h3-6H,1-2H3. The highest BCUT2D eigenvalue weighted by molar-refractivity contribution is 5.75. The molecular weight excluding hydrogens is 152 g/mol. The summed E-state index contributed by atoms with van der Waals surface area (Å²) in [6, 6.07) is 3.87. The average molecular weight is 162 g/mol. The SMILES string of the molecule is CC(C)c1noc2ncccc12. The lowest BCUT2D eigenvalue weighted by molar-refractivity contribution is 0.434. The lowest BCUT2D eigenvalue weighted by atomic mass is 10.1. The van der Waals surface area contributed by atoms with Crippen molar-refractivity contribution in [3.05, 3.63) is 24.0 Å². The van der Waals surface area contributed by atoms with E-state index in [1.807, 2.05) is 12.1 Å². The van der Waals surface area contributed by atoms with Crippen molar-refractivity contribution in [2.75, 3.05) is 0 Å². The summed E-state index contributed by atoms with van der Waals surface area (Å²) in [5.41, 5.74) is 1.61. The zero-order chi connectivity index (χ0) is 8.55.